The first-order valence-corrected chi connectivity index (χ1v) is 6.16. The van der Waals surface area contributed by atoms with E-state index in [4.69, 9.17) is 26.8 Å². The van der Waals surface area contributed by atoms with Gasteiger partial charge in [-0.3, -0.25) is 4.57 Å². The summed E-state index contributed by atoms with van der Waals surface area (Å²) in [7, 11) is 3.15. The lowest BCUT2D eigenvalue weighted by atomic mass is 10.2. The van der Waals surface area contributed by atoms with Crippen LogP contribution in [0.2, 0.25) is 5.02 Å². The second-order valence-electron chi connectivity index (χ2n) is 4.14. The highest BCUT2D eigenvalue weighted by atomic mass is 35.5. The smallest absolute Gasteiger partial charge is 0.146 e. The van der Waals surface area contributed by atoms with Crippen molar-refractivity contribution in [2.24, 2.45) is 5.73 Å². The Morgan fingerprint density at radius 3 is 2.53 bits per heavy atom. The van der Waals surface area contributed by atoms with Gasteiger partial charge >= 0.3 is 0 Å². The van der Waals surface area contributed by atoms with E-state index in [0.29, 0.717) is 16.5 Å². The van der Waals surface area contributed by atoms with Crippen molar-refractivity contribution in [1.82, 2.24) is 9.55 Å². The van der Waals surface area contributed by atoms with Crippen LogP contribution in [0.5, 0.6) is 11.5 Å². The summed E-state index contributed by atoms with van der Waals surface area (Å²) in [6.45, 7) is 1.89. The molecule has 102 valence electrons. The second-order valence-corrected chi connectivity index (χ2v) is 4.54. The number of nitrogens with two attached hydrogens (primary N) is 1. The quantitative estimate of drug-likeness (QED) is 0.935. The number of ether oxygens (including phenoxy) is 2. The van der Waals surface area contributed by atoms with Crippen LogP contribution in [0.15, 0.2) is 24.7 Å². The highest BCUT2D eigenvalue weighted by Gasteiger charge is 2.15. The molecule has 1 aromatic carbocycles. The Labute approximate surface area is 116 Å². The minimum atomic E-state index is -0.145. The first kappa shape index (κ1) is 13.7. The highest BCUT2D eigenvalue weighted by molar-refractivity contribution is 6.32. The molecule has 6 heteroatoms. The van der Waals surface area contributed by atoms with E-state index in [1.807, 2.05) is 11.5 Å². The molecule has 0 spiro atoms. The van der Waals surface area contributed by atoms with E-state index < -0.39 is 0 Å². The van der Waals surface area contributed by atoms with Gasteiger partial charge in [0.25, 0.3) is 0 Å². The van der Waals surface area contributed by atoms with Gasteiger partial charge in [0, 0.05) is 12.1 Å². The number of nitrogens with zero attached hydrogens (tertiary/aromatic N) is 2. The Bertz CT molecular complexity index is 581. The van der Waals surface area contributed by atoms with Crippen molar-refractivity contribution in [3.8, 4) is 17.2 Å². The summed E-state index contributed by atoms with van der Waals surface area (Å²) in [5.74, 6) is 1.20. The number of rotatable bonds is 4. The third-order valence-corrected chi connectivity index (χ3v) is 3.14. The van der Waals surface area contributed by atoms with Crippen LogP contribution in [0, 0.1) is 0 Å². The lowest BCUT2D eigenvalue weighted by Crippen LogP contribution is -2.11. The maximum absolute atomic E-state index is 6.16. The zero-order valence-electron chi connectivity index (χ0n) is 11.1. The Hall–Kier alpha value is -1.72. The minimum absolute atomic E-state index is 0.145. The number of hydrogen-bond acceptors (Lipinski definition) is 4. The molecule has 1 heterocycles. The predicted octanol–water partition coefficient (Wildman–Crippen LogP) is 2.56. The lowest BCUT2D eigenvalue weighted by molar-refractivity contribution is 0.393. The summed E-state index contributed by atoms with van der Waals surface area (Å²) in [6.07, 6.45) is 3.40. The molecule has 1 aromatic heterocycles. The van der Waals surface area contributed by atoms with Gasteiger partial charge in [-0.25, -0.2) is 4.98 Å². The molecule has 0 aliphatic rings. The van der Waals surface area contributed by atoms with Crippen molar-refractivity contribution in [2.45, 2.75) is 13.0 Å². The van der Waals surface area contributed by atoms with E-state index in [1.54, 1.807) is 38.9 Å². The van der Waals surface area contributed by atoms with Gasteiger partial charge in [0.15, 0.2) is 0 Å². The molecule has 2 N–H and O–H groups in total. The monoisotopic (exact) mass is 281 g/mol. The Kier molecular flexibility index (Phi) is 3.97. The van der Waals surface area contributed by atoms with Gasteiger partial charge in [-0.1, -0.05) is 11.6 Å². The zero-order valence-corrected chi connectivity index (χ0v) is 11.8. The molecule has 19 heavy (non-hydrogen) atoms. The Morgan fingerprint density at radius 2 is 1.95 bits per heavy atom. The molecule has 0 saturated carbocycles. The molecular weight excluding hydrogens is 266 g/mol. The average molecular weight is 282 g/mol. The van der Waals surface area contributed by atoms with Crippen LogP contribution in [0.1, 0.15) is 18.7 Å². The number of methoxy groups -OCH3 is 2. The third kappa shape index (κ3) is 2.52. The van der Waals surface area contributed by atoms with Gasteiger partial charge in [0.1, 0.15) is 11.5 Å². The summed E-state index contributed by atoms with van der Waals surface area (Å²) in [5.41, 5.74) is 7.57. The first-order valence-electron chi connectivity index (χ1n) is 5.78. The van der Waals surface area contributed by atoms with Crippen molar-refractivity contribution >= 4 is 11.6 Å². The third-order valence-electron chi connectivity index (χ3n) is 2.85. The molecule has 0 unspecified atom stereocenters. The number of halogens is 1. The summed E-state index contributed by atoms with van der Waals surface area (Å²) < 4.78 is 12.4. The van der Waals surface area contributed by atoms with Gasteiger partial charge in [-0.2, -0.15) is 0 Å². The minimum Gasteiger partial charge on any atom is -0.495 e. The maximum atomic E-state index is 6.16. The summed E-state index contributed by atoms with van der Waals surface area (Å²) in [4.78, 5) is 4.12. The number of aromatic nitrogens is 2. The van der Waals surface area contributed by atoms with Crippen molar-refractivity contribution < 1.29 is 9.47 Å². The molecule has 0 fully saturated rings. The fraction of sp³-hybridized carbons (Fsp3) is 0.308. The largest absolute Gasteiger partial charge is 0.495 e. The SMILES string of the molecule is COc1cc(OC)c(-n2cncc2[C@@H](C)N)cc1Cl. The normalized spacial score (nSPS) is 12.3. The average Bonchev–Trinajstić information content (AvgIpc) is 2.87. The predicted molar refractivity (Wildman–Crippen MR) is 74.3 cm³/mol. The first-order chi connectivity index (χ1) is 9.08. The van der Waals surface area contributed by atoms with Crippen LogP contribution in [-0.4, -0.2) is 23.8 Å². The highest BCUT2D eigenvalue weighted by Crippen LogP contribution is 2.35. The molecule has 0 radical (unpaired) electrons. The Balaban J connectivity index is 2.61. The van der Waals surface area contributed by atoms with E-state index in [0.717, 1.165) is 11.4 Å². The summed E-state index contributed by atoms with van der Waals surface area (Å²) in [5, 5.41) is 0.502. The van der Waals surface area contributed by atoms with E-state index in [9.17, 15) is 0 Å². The van der Waals surface area contributed by atoms with Gasteiger partial charge in [0.05, 0.1) is 43.1 Å². The molecule has 2 aromatic rings. The molecule has 0 bridgehead atoms. The van der Waals surface area contributed by atoms with Crippen LogP contribution in [0.4, 0.5) is 0 Å². The van der Waals surface area contributed by atoms with Crippen molar-refractivity contribution in [2.75, 3.05) is 14.2 Å². The van der Waals surface area contributed by atoms with Crippen LogP contribution in [0.3, 0.4) is 0 Å². The van der Waals surface area contributed by atoms with E-state index in [2.05, 4.69) is 4.98 Å². The van der Waals surface area contributed by atoms with Gasteiger partial charge in [0.2, 0.25) is 0 Å². The molecule has 5 nitrogen and oxygen atoms in total. The van der Waals surface area contributed by atoms with Crippen LogP contribution < -0.4 is 15.2 Å². The molecule has 0 amide bonds. The standard InChI is InChI=1S/C13H16ClN3O2/c1-8(15)11-6-16-7-17(11)10-4-9(14)12(18-2)5-13(10)19-3/h4-8H,15H2,1-3H3/t8-/m1/s1. The van der Waals surface area contributed by atoms with E-state index in [1.165, 1.54) is 0 Å². The maximum Gasteiger partial charge on any atom is 0.146 e. The fourth-order valence-corrected chi connectivity index (χ4v) is 2.11. The van der Waals surface area contributed by atoms with Gasteiger partial charge < -0.3 is 15.2 Å². The summed E-state index contributed by atoms with van der Waals surface area (Å²) in [6, 6.07) is 3.36. The van der Waals surface area contributed by atoms with Crippen molar-refractivity contribution in [1.29, 1.82) is 0 Å². The van der Waals surface area contributed by atoms with Gasteiger partial charge in [-0.15, -0.1) is 0 Å². The lowest BCUT2D eigenvalue weighted by Gasteiger charge is -2.16. The molecule has 0 aliphatic carbocycles. The molecule has 2 rings (SSSR count). The van der Waals surface area contributed by atoms with Crippen molar-refractivity contribution in [3.05, 3.63) is 35.4 Å². The topological polar surface area (TPSA) is 62.3 Å². The number of hydrogen-bond donors (Lipinski definition) is 1. The van der Waals surface area contributed by atoms with Crippen LogP contribution in [0.25, 0.3) is 5.69 Å². The molecule has 0 aliphatic heterocycles. The van der Waals surface area contributed by atoms with Crippen LogP contribution in [-0.2, 0) is 0 Å². The fourth-order valence-electron chi connectivity index (χ4n) is 1.88. The Morgan fingerprint density at radius 1 is 1.26 bits per heavy atom. The van der Waals surface area contributed by atoms with Crippen LogP contribution >= 0.6 is 11.6 Å². The zero-order chi connectivity index (χ0) is 14.0. The molecular formula is C13H16ClN3O2. The van der Waals surface area contributed by atoms with Gasteiger partial charge in [-0.05, 0) is 13.0 Å². The number of imidazole rings is 1. The second kappa shape index (κ2) is 5.50. The molecule has 1 atom stereocenters. The number of benzene rings is 1. The van der Waals surface area contributed by atoms with E-state index in [-0.39, 0.29) is 6.04 Å². The molecule has 0 saturated heterocycles. The van der Waals surface area contributed by atoms with E-state index >= 15 is 0 Å². The van der Waals surface area contributed by atoms with Crippen molar-refractivity contribution in [3.63, 3.8) is 0 Å². The summed E-state index contributed by atoms with van der Waals surface area (Å²) >= 11 is 6.16.